The van der Waals surface area contributed by atoms with Gasteiger partial charge in [0.1, 0.15) is 5.82 Å². The van der Waals surface area contributed by atoms with E-state index in [-0.39, 0.29) is 17.7 Å². The van der Waals surface area contributed by atoms with Crippen molar-refractivity contribution in [1.29, 1.82) is 0 Å². The van der Waals surface area contributed by atoms with Crippen LogP contribution >= 0.6 is 0 Å². The summed E-state index contributed by atoms with van der Waals surface area (Å²) in [5, 5.41) is 5.37. The lowest BCUT2D eigenvalue weighted by Crippen LogP contribution is -2.28. The summed E-state index contributed by atoms with van der Waals surface area (Å²) in [6.07, 6.45) is 0.129. The zero-order valence-corrected chi connectivity index (χ0v) is 10.9. The Morgan fingerprint density at radius 2 is 2.17 bits per heavy atom. The van der Waals surface area contributed by atoms with Gasteiger partial charge in [-0.25, -0.2) is 4.39 Å². The molecule has 0 atom stereocenters. The molecule has 18 heavy (non-hydrogen) atoms. The number of para-hydroxylation sites is 1. The maximum absolute atomic E-state index is 13.4. The Morgan fingerprint density at radius 1 is 1.44 bits per heavy atom. The minimum absolute atomic E-state index is 0.129. The standard InChI is InChI=1S/C13H19FN2O2/c1-9(2)18-8-7-16-13(17)10-5-4-6-11(14)12(10)15-3/h4-6,9,15H,7-8H2,1-3H3,(H,16,17). The first-order valence-electron chi connectivity index (χ1n) is 5.92. The van der Waals surface area contributed by atoms with Crippen molar-refractivity contribution < 1.29 is 13.9 Å². The summed E-state index contributed by atoms with van der Waals surface area (Å²) in [6.45, 7) is 4.69. The van der Waals surface area contributed by atoms with E-state index >= 15 is 0 Å². The number of nitrogens with one attached hydrogen (secondary N) is 2. The van der Waals surface area contributed by atoms with E-state index in [2.05, 4.69) is 10.6 Å². The van der Waals surface area contributed by atoms with E-state index < -0.39 is 5.82 Å². The number of halogens is 1. The van der Waals surface area contributed by atoms with Crippen LogP contribution in [0, 0.1) is 5.82 Å². The third-order valence-electron chi connectivity index (χ3n) is 2.35. The summed E-state index contributed by atoms with van der Waals surface area (Å²) in [7, 11) is 1.58. The molecule has 0 aliphatic rings. The van der Waals surface area contributed by atoms with E-state index in [0.29, 0.717) is 18.7 Å². The Hall–Kier alpha value is -1.62. The molecular weight excluding hydrogens is 235 g/mol. The number of benzene rings is 1. The zero-order valence-electron chi connectivity index (χ0n) is 10.9. The molecule has 0 unspecified atom stereocenters. The van der Waals surface area contributed by atoms with Gasteiger partial charge < -0.3 is 15.4 Å². The van der Waals surface area contributed by atoms with Gasteiger partial charge in [0.05, 0.1) is 24.0 Å². The predicted octanol–water partition coefficient (Wildman–Crippen LogP) is 2.02. The number of hydrogen-bond acceptors (Lipinski definition) is 3. The van der Waals surface area contributed by atoms with Gasteiger partial charge in [-0.05, 0) is 26.0 Å². The third kappa shape index (κ3) is 4.00. The van der Waals surface area contributed by atoms with Crippen molar-refractivity contribution in [3.8, 4) is 0 Å². The van der Waals surface area contributed by atoms with Gasteiger partial charge in [-0.3, -0.25) is 4.79 Å². The average Bonchev–Trinajstić information content (AvgIpc) is 2.33. The molecule has 0 fully saturated rings. The van der Waals surface area contributed by atoms with E-state index in [9.17, 15) is 9.18 Å². The molecule has 0 heterocycles. The summed E-state index contributed by atoms with van der Waals surface area (Å²) >= 11 is 0. The quantitative estimate of drug-likeness (QED) is 0.764. The van der Waals surface area contributed by atoms with Crippen molar-refractivity contribution in [3.63, 3.8) is 0 Å². The second kappa shape index (κ2) is 6.96. The van der Waals surface area contributed by atoms with Gasteiger partial charge >= 0.3 is 0 Å². The fraction of sp³-hybridized carbons (Fsp3) is 0.462. The van der Waals surface area contributed by atoms with Gasteiger partial charge in [0.2, 0.25) is 0 Å². The Balaban J connectivity index is 2.59. The number of rotatable bonds is 6. The van der Waals surface area contributed by atoms with Crippen molar-refractivity contribution in [3.05, 3.63) is 29.6 Å². The molecule has 1 aromatic rings. The van der Waals surface area contributed by atoms with Crippen molar-refractivity contribution in [1.82, 2.24) is 5.32 Å². The highest BCUT2D eigenvalue weighted by Gasteiger charge is 2.13. The van der Waals surface area contributed by atoms with Crippen molar-refractivity contribution >= 4 is 11.6 Å². The van der Waals surface area contributed by atoms with Crippen LogP contribution in [-0.2, 0) is 4.74 Å². The molecule has 1 rings (SSSR count). The van der Waals surface area contributed by atoms with Gasteiger partial charge in [-0.2, -0.15) is 0 Å². The lowest BCUT2D eigenvalue weighted by molar-refractivity contribution is 0.0747. The minimum atomic E-state index is -0.441. The normalized spacial score (nSPS) is 10.5. The SMILES string of the molecule is CNc1c(F)cccc1C(=O)NCCOC(C)C. The number of carbonyl (C=O) groups is 1. The van der Waals surface area contributed by atoms with Crippen molar-refractivity contribution in [2.24, 2.45) is 0 Å². The van der Waals surface area contributed by atoms with Crippen LogP contribution < -0.4 is 10.6 Å². The van der Waals surface area contributed by atoms with Gasteiger partial charge in [0, 0.05) is 13.6 Å². The summed E-state index contributed by atoms with van der Waals surface area (Å²) in [5.41, 5.74) is 0.502. The topological polar surface area (TPSA) is 50.4 Å². The second-order valence-corrected chi connectivity index (χ2v) is 4.09. The van der Waals surface area contributed by atoms with Crippen LogP contribution in [0.15, 0.2) is 18.2 Å². The molecule has 0 bridgehead atoms. The third-order valence-corrected chi connectivity index (χ3v) is 2.35. The Morgan fingerprint density at radius 3 is 2.78 bits per heavy atom. The fourth-order valence-electron chi connectivity index (χ4n) is 1.52. The van der Waals surface area contributed by atoms with E-state index in [1.807, 2.05) is 13.8 Å². The first kappa shape index (κ1) is 14.4. The fourth-order valence-corrected chi connectivity index (χ4v) is 1.52. The average molecular weight is 254 g/mol. The summed E-state index contributed by atoms with van der Waals surface area (Å²) in [6, 6.07) is 4.40. The predicted molar refractivity (Wildman–Crippen MR) is 69.4 cm³/mol. The number of ether oxygens (including phenoxy) is 1. The Bertz CT molecular complexity index is 408. The number of hydrogen-bond donors (Lipinski definition) is 2. The van der Waals surface area contributed by atoms with E-state index in [1.165, 1.54) is 12.1 Å². The second-order valence-electron chi connectivity index (χ2n) is 4.09. The van der Waals surface area contributed by atoms with Crippen LogP contribution in [0.1, 0.15) is 24.2 Å². The molecule has 5 heteroatoms. The monoisotopic (exact) mass is 254 g/mol. The minimum Gasteiger partial charge on any atom is -0.385 e. The van der Waals surface area contributed by atoms with Gasteiger partial charge in [0.15, 0.2) is 0 Å². The first-order valence-corrected chi connectivity index (χ1v) is 5.92. The molecule has 0 saturated heterocycles. The smallest absolute Gasteiger partial charge is 0.253 e. The van der Waals surface area contributed by atoms with Crippen LogP contribution in [0.3, 0.4) is 0 Å². The molecule has 0 aliphatic carbocycles. The van der Waals surface area contributed by atoms with Crippen LogP contribution in [0.5, 0.6) is 0 Å². The molecule has 100 valence electrons. The highest BCUT2D eigenvalue weighted by Crippen LogP contribution is 2.18. The molecule has 2 N–H and O–H groups in total. The largest absolute Gasteiger partial charge is 0.385 e. The molecule has 4 nitrogen and oxygen atoms in total. The van der Waals surface area contributed by atoms with Gasteiger partial charge in [-0.15, -0.1) is 0 Å². The van der Waals surface area contributed by atoms with E-state index in [4.69, 9.17) is 4.74 Å². The van der Waals surface area contributed by atoms with Crippen LogP contribution in [0.25, 0.3) is 0 Å². The summed E-state index contributed by atoms with van der Waals surface area (Å²) < 4.78 is 18.7. The van der Waals surface area contributed by atoms with E-state index in [0.717, 1.165) is 0 Å². The highest BCUT2D eigenvalue weighted by molar-refractivity contribution is 5.99. The molecule has 0 aliphatic heterocycles. The van der Waals surface area contributed by atoms with E-state index in [1.54, 1.807) is 13.1 Å². The highest BCUT2D eigenvalue weighted by atomic mass is 19.1. The molecule has 0 saturated carbocycles. The zero-order chi connectivity index (χ0) is 13.5. The molecule has 0 radical (unpaired) electrons. The Kier molecular flexibility index (Phi) is 5.58. The number of anilines is 1. The van der Waals surface area contributed by atoms with Crippen LogP contribution in [-0.4, -0.2) is 32.2 Å². The number of amides is 1. The summed E-state index contributed by atoms with van der Waals surface area (Å²) in [5.74, 6) is -0.755. The summed E-state index contributed by atoms with van der Waals surface area (Å²) in [4.78, 5) is 11.8. The van der Waals surface area contributed by atoms with Gasteiger partial charge in [-0.1, -0.05) is 6.07 Å². The lowest BCUT2D eigenvalue weighted by Gasteiger charge is -2.11. The molecule has 1 aromatic carbocycles. The van der Waals surface area contributed by atoms with Crippen LogP contribution in [0.2, 0.25) is 0 Å². The Labute approximate surface area is 107 Å². The maximum atomic E-state index is 13.4. The lowest BCUT2D eigenvalue weighted by atomic mass is 10.1. The van der Waals surface area contributed by atoms with Crippen LogP contribution in [0.4, 0.5) is 10.1 Å². The molecule has 0 spiro atoms. The van der Waals surface area contributed by atoms with Crippen molar-refractivity contribution in [2.75, 3.05) is 25.5 Å². The molecule has 1 amide bonds. The first-order chi connectivity index (χ1) is 8.56. The molecular formula is C13H19FN2O2. The molecule has 0 aromatic heterocycles. The van der Waals surface area contributed by atoms with Gasteiger partial charge in [0.25, 0.3) is 5.91 Å². The van der Waals surface area contributed by atoms with Crippen molar-refractivity contribution in [2.45, 2.75) is 20.0 Å². The number of carbonyl (C=O) groups excluding carboxylic acids is 1. The maximum Gasteiger partial charge on any atom is 0.253 e.